The van der Waals surface area contributed by atoms with E-state index in [0.29, 0.717) is 24.5 Å². The third-order valence-corrected chi connectivity index (χ3v) is 2.30. The fourth-order valence-electron chi connectivity index (χ4n) is 1.32. The lowest BCUT2D eigenvalue weighted by molar-refractivity contribution is -0.105. The molecule has 0 amide bonds. The number of allylic oxidation sites excluding steroid dienone is 1. The molecule has 0 aliphatic carbocycles. The molecule has 0 fully saturated rings. The Labute approximate surface area is 90.2 Å². The molecule has 1 heterocycles. The van der Waals surface area contributed by atoms with E-state index in [4.69, 9.17) is 10.5 Å². The first-order chi connectivity index (χ1) is 7.15. The van der Waals surface area contributed by atoms with Gasteiger partial charge in [0.2, 0.25) is 0 Å². The van der Waals surface area contributed by atoms with Crippen LogP contribution in [0.4, 0.5) is 0 Å². The fourth-order valence-corrected chi connectivity index (χ4v) is 1.32. The van der Waals surface area contributed by atoms with Gasteiger partial charge in [0, 0.05) is 12.7 Å². The minimum atomic E-state index is -0.352. The van der Waals surface area contributed by atoms with Crippen molar-refractivity contribution in [3.63, 3.8) is 0 Å². The molecule has 0 aromatic carbocycles. The summed E-state index contributed by atoms with van der Waals surface area (Å²) in [7, 11) is 0. The lowest BCUT2D eigenvalue weighted by Gasteiger charge is -2.30. The van der Waals surface area contributed by atoms with Crippen molar-refractivity contribution in [1.29, 1.82) is 0 Å². The molecule has 0 spiro atoms. The Bertz CT molecular complexity index is 297. The van der Waals surface area contributed by atoms with Crippen LogP contribution >= 0.6 is 0 Å². The maximum Gasteiger partial charge on any atom is 0.153 e. The van der Waals surface area contributed by atoms with Crippen LogP contribution in [0.15, 0.2) is 23.6 Å². The van der Waals surface area contributed by atoms with Gasteiger partial charge in [-0.15, -0.1) is 0 Å². The highest BCUT2D eigenvalue weighted by atomic mass is 16.5. The Hall–Kier alpha value is -1.29. The van der Waals surface area contributed by atoms with Crippen molar-refractivity contribution >= 4 is 6.29 Å². The number of nitrogens with one attached hydrogen (secondary N) is 1. The van der Waals surface area contributed by atoms with E-state index in [9.17, 15) is 4.79 Å². The van der Waals surface area contributed by atoms with Crippen molar-refractivity contribution in [2.75, 3.05) is 13.2 Å². The molecule has 0 radical (unpaired) electrons. The normalized spacial score (nSPS) is 25.0. The summed E-state index contributed by atoms with van der Waals surface area (Å²) in [5, 5.41) is 3.12. The van der Waals surface area contributed by atoms with Crippen molar-refractivity contribution in [2.24, 2.45) is 5.73 Å². The van der Waals surface area contributed by atoms with Crippen LogP contribution in [0.1, 0.15) is 20.3 Å². The first-order valence-electron chi connectivity index (χ1n) is 5.14. The Balaban J connectivity index is 2.77. The zero-order valence-corrected chi connectivity index (χ0v) is 9.25. The molecule has 3 N–H and O–H groups in total. The molecule has 0 aromatic rings. The maximum absolute atomic E-state index is 10.9. The molecule has 15 heavy (non-hydrogen) atoms. The van der Waals surface area contributed by atoms with Crippen LogP contribution in [0.5, 0.6) is 0 Å². The van der Waals surface area contributed by atoms with Gasteiger partial charge < -0.3 is 15.8 Å². The Morgan fingerprint density at radius 2 is 2.40 bits per heavy atom. The zero-order valence-electron chi connectivity index (χ0n) is 9.25. The molecular weight excluding hydrogens is 192 g/mol. The first kappa shape index (κ1) is 11.8. The molecule has 1 unspecified atom stereocenters. The van der Waals surface area contributed by atoms with Crippen LogP contribution in [-0.4, -0.2) is 25.0 Å². The molecule has 4 nitrogen and oxygen atoms in total. The fraction of sp³-hybridized carbons (Fsp3) is 0.545. The molecule has 1 atom stereocenters. The summed E-state index contributed by atoms with van der Waals surface area (Å²) in [6.07, 6.45) is 5.24. The van der Waals surface area contributed by atoms with Gasteiger partial charge in [-0.25, -0.2) is 0 Å². The number of aldehydes is 1. The van der Waals surface area contributed by atoms with Gasteiger partial charge in [-0.3, -0.25) is 4.79 Å². The smallest absolute Gasteiger partial charge is 0.153 e. The number of rotatable bonds is 5. The van der Waals surface area contributed by atoms with Gasteiger partial charge in [0.1, 0.15) is 5.76 Å². The summed E-state index contributed by atoms with van der Waals surface area (Å²) in [6, 6.07) is 0. The van der Waals surface area contributed by atoms with Crippen molar-refractivity contribution in [3.05, 3.63) is 23.6 Å². The second-order valence-electron chi connectivity index (χ2n) is 3.84. The van der Waals surface area contributed by atoms with E-state index < -0.39 is 0 Å². The van der Waals surface area contributed by atoms with Crippen LogP contribution in [0.2, 0.25) is 0 Å². The number of hydrogen-bond acceptors (Lipinski definition) is 4. The summed E-state index contributed by atoms with van der Waals surface area (Å²) in [6.45, 7) is 4.99. The average Bonchev–Trinajstić information content (AvgIpc) is 2.27. The van der Waals surface area contributed by atoms with E-state index in [1.165, 1.54) is 0 Å². The Morgan fingerprint density at radius 1 is 1.67 bits per heavy atom. The van der Waals surface area contributed by atoms with E-state index in [2.05, 4.69) is 5.32 Å². The van der Waals surface area contributed by atoms with E-state index >= 15 is 0 Å². The van der Waals surface area contributed by atoms with Crippen molar-refractivity contribution in [1.82, 2.24) is 5.32 Å². The van der Waals surface area contributed by atoms with Crippen molar-refractivity contribution in [3.8, 4) is 0 Å². The SMILES string of the molecule is CCCOC1=CNC(C)(CN)C=C1C=O. The van der Waals surface area contributed by atoms with Gasteiger partial charge in [-0.2, -0.15) is 0 Å². The van der Waals surface area contributed by atoms with Gasteiger partial charge in [0.05, 0.1) is 17.7 Å². The molecule has 1 aliphatic heterocycles. The maximum atomic E-state index is 10.9. The van der Waals surface area contributed by atoms with Gasteiger partial charge in [0.25, 0.3) is 0 Å². The number of carbonyl (C=O) groups excluding carboxylic acids is 1. The number of dihydropyridines is 1. The molecule has 0 saturated carbocycles. The number of hydrogen-bond donors (Lipinski definition) is 2. The molecule has 0 saturated heterocycles. The van der Waals surface area contributed by atoms with E-state index in [1.807, 2.05) is 19.9 Å². The standard InChI is InChI=1S/C11H18N2O2/c1-3-4-15-10-6-13-11(2,8-12)5-9(10)7-14/h5-7,13H,3-4,8,12H2,1-2H3. The van der Waals surface area contributed by atoms with E-state index in [1.54, 1.807) is 6.20 Å². The van der Waals surface area contributed by atoms with Gasteiger partial charge in [-0.05, 0) is 19.4 Å². The van der Waals surface area contributed by atoms with E-state index in [0.717, 1.165) is 12.7 Å². The average molecular weight is 210 g/mol. The summed E-state index contributed by atoms with van der Waals surface area (Å²) in [5.41, 5.74) is 5.82. The van der Waals surface area contributed by atoms with E-state index in [-0.39, 0.29) is 5.54 Å². The van der Waals surface area contributed by atoms with Gasteiger partial charge in [-0.1, -0.05) is 6.92 Å². The molecule has 4 heteroatoms. The molecule has 1 aliphatic rings. The highest BCUT2D eigenvalue weighted by Gasteiger charge is 2.24. The summed E-state index contributed by atoms with van der Waals surface area (Å²) >= 11 is 0. The van der Waals surface area contributed by atoms with Gasteiger partial charge in [0.15, 0.2) is 6.29 Å². The number of nitrogens with two attached hydrogens (primary N) is 1. The minimum Gasteiger partial charge on any atom is -0.491 e. The quantitative estimate of drug-likeness (QED) is 0.656. The van der Waals surface area contributed by atoms with Crippen molar-refractivity contribution in [2.45, 2.75) is 25.8 Å². The zero-order chi connectivity index (χ0) is 11.3. The van der Waals surface area contributed by atoms with Crippen LogP contribution in [0, 0.1) is 0 Å². The summed E-state index contributed by atoms with van der Waals surface area (Å²) < 4.78 is 5.43. The Morgan fingerprint density at radius 3 is 2.93 bits per heavy atom. The summed E-state index contributed by atoms with van der Waals surface area (Å²) in [4.78, 5) is 10.9. The lowest BCUT2D eigenvalue weighted by atomic mass is 9.96. The predicted molar refractivity (Wildman–Crippen MR) is 59.1 cm³/mol. The van der Waals surface area contributed by atoms with Crippen LogP contribution in [-0.2, 0) is 9.53 Å². The number of carbonyl (C=O) groups is 1. The second kappa shape index (κ2) is 4.98. The van der Waals surface area contributed by atoms with Crippen LogP contribution in [0.3, 0.4) is 0 Å². The molecule has 0 aromatic heterocycles. The van der Waals surface area contributed by atoms with Crippen LogP contribution in [0.25, 0.3) is 0 Å². The monoisotopic (exact) mass is 210 g/mol. The third-order valence-electron chi connectivity index (χ3n) is 2.30. The minimum absolute atomic E-state index is 0.352. The van der Waals surface area contributed by atoms with Crippen LogP contribution < -0.4 is 11.1 Å². The number of ether oxygens (including phenoxy) is 1. The summed E-state index contributed by atoms with van der Waals surface area (Å²) in [5.74, 6) is 0.595. The highest BCUT2D eigenvalue weighted by Crippen LogP contribution is 2.19. The lowest BCUT2D eigenvalue weighted by Crippen LogP contribution is -2.46. The highest BCUT2D eigenvalue weighted by molar-refractivity contribution is 5.80. The predicted octanol–water partition coefficient (Wildman–Crippen LogP) is 0.700. The van der Waals surface area contributed by atoms with Gasteiger partial charge >= 0.3 is 0 Å². The topological polar surface area (TPSA) is 64.3 Å². The molecule has 0 bridgehead atoms. The molecular formula is C11H18N2O2. The second-order valence-corrected chi connectivity index (χ2v) is 3.84. The molecule has 1 rings (SSSR count). The largest absolute Gasteiger partial charge is 0.491 e. The third kappa shape index (κ3) is 2.83. The molecule has 84 valence electrons. The first-order valence-corrected chi connectivity index (χ1v) is 5.14. The Kier molecular flexibility index (Phi) is 3.91. The van der Waals surface area contributed by atoms with Crippen molar-refractivity contribution < 1.29 is 9.53 Å².